The first kappa shape index (κ1) is 31.0. The van der Waals surface area contributed by atoms with Crippen LogP contribution < -0.4 is 5.73 Å². The van der Waals surface area contributed by atoms with Crippen LogP contribution in [0.5, 0.6) is 0 Å². The third-order valence-corrected chi connectivity index (χ3v) is 5.70. The van der Waals surface area contributed by atoms with Crippen LogP contribution in [0, 0.1) is 4.91 Å². The number of halogens is 1. The molecule has 0 radical (unpaired) electrons. The molecule has 0 saturated heterocycles. The molecule has 33 heavy (non-hydrogen) atoms. The molecule has 7 heteroatoms. The quantitative estimate of drug-likeness (QED) is 0.313. The molecule has 0 atom stereocenters. The Hall–Kier alpha value is -2.02. The van der Waals surface area contributed by atoms with Crippen LogP contribution in [0.4, 0.5) is 5.69 Å². The molecule has 6 nitrogen and oxygen atoms in total. The van der Waals surface area contributed by atoms with E-state index in [1.54, 1.807) is 20.8 Å². The predicted octanol–water partition coefficient (Wildman–Crippen LogP) is 8.48. The van der Waals surface area contributed by atoms with E-state index in [2.05, 4.69) is 91.5 Å². The number of hydrogen-bond acceptors (Lipinski definition) is 6. The fourth-order valence-electron chi connectivity index (χ4n) is 2.82. The maximum absolute atomic E-state index is 9.35. The maximum Gasteiger partial charge on any atom is 0.155 e. The summed E-state index contributed by atoms with van der Waals surface area (Å²) in [5, 5.41) is 2.26. The second-order valence-corrected chi connectivity index (χ2v) is 11.1. The lowest BCUT2D eigenvalue weighted by Crippen LogP contribution is -2.14. The molecule has 0 aliphatic heterocycles. The minimum Gasteiger partial charge on any atom is -0.398 e. The highest BCUT2D eigenvalue weighted by Gasteiger charge is 2.12. The number of anilines is 1. The van der Waals surface area contributed by atoms with Crippen LogP contribution in [0.1, 0.15) is 122 Å². The molecule has 2 aromatic heterocycles. The lowest BCUT2D eigenvalue weighted by molar-refractivity contribution is -0.00229. The average Bonchev–Trinajstić information content (AvgIpc) is 2.67. The zero-order valence-electron chi connectivity index (χ0n) is 22.2. The largest absolute Gasteiger partial charge is 0.398 e. The van der Waals surface area contributed by atoms with E-state index in [-0.39, 0.29) is 0 Å². The van der Waals surface area contributed by atoms with Crippen LogP contribution in [0.2, 0.25) is 0 Å². The van der Waals surface area contributed by atoms with Gasteiger partial charge in [-0.05, 0) is 66.7 Å². The molecular weight excluding hydrogens is 480 g/mol. The van der Waals surface area contributed by atoms with Gasteiger partial charge in [0.2, 0.25) is 0 Å². The van der Waals surface area contributed by atoms with Crippen LogP contribution >= 0.6 is 15.9 Å². The van der Waals surface area contributed by atoms with E-state index in [0.717, 1.165) is 16.8 Å². The van der Waals surface area contributed by atoms with E-state index in [9.17, 15) is 4.91 Å². The van der Waals surface area contributed by atoms with Gasteiger partial charge in [0.1, 0.15) is 5.60 Å². The van der Waals surface area contributed by atoms with Crippen molar-refractivity contribution in [1.29, 1.82) is 0 Å². The van der Waals surface area contributed by atoms with E-state index in [0.29, 0.717) is 23.7 Å². The minimum atomic E-state index is -0.429. The van der Waals surface area contributed by atoms with Crippen molar-refractivity contribution >= 4 is 21.6 Å². The standard InChI is InChI=1S/C11H16BrN.C11H18N2.C4H9NO2/c2*1-7(2)9-5-13-6-10(8(3)4)11(9)12;1-4(2,3)7-5-6/h5-8H,1-4H3;5-8H,1-4H3,(H2,12,13);1-3H3. The lowest BCUT2D eigenvalue weighted by Gasteiger charge is -2.14. The number of nitrogens with two attached hydrogens (primary N) is 1. The van der Waals surface area contributed by atoms with E-state index < -0.39 is 5.60 Å². The zero-order valence-corrected chi connectivity index (χ0v) is 23.8. The molecule has 0 aromatic carbocycles. The topological polar surface area (TPSA) is 90.5 Å². The second kappa shape index (κ2) is 14.3. The third kappa shape index (κ3) is 11.1. The van der Waals surface area contributed by atoms with Crippen molar-refractivity contribution < 1.29 is 4.84 Å². The SMILES string of the molecule is CC(C)(C)ON=O.CC(C)c1cncc(C(C)C)c1Br.CC(C)c1cncc(C(C)C)c1N. The molecule has 2 aromatic rings. The van der Waals surface area contributed by atoms with Crippen molar-refractivity contribution in [2.45, 2.75) is 105 Å². The highest BCUT2D eigenvalue weighted by atomic mass is 79.9. The molecular formula is C26H43BrN4O2. The summed E-state index contributed by atoms with van der Waals surface area (Å²) in [6.07, 6.45) is 7.62. The van der Waals surface area contributed by atoms with Gasteiger partial charge in [-0.3, -0.25) is 9.97 Å². The summed E-state index contributed by atoms with van der Waals surface area (Å²) < 4.78 is 1.23. The molecule has 0 spiro atoms. The summed E-state index contributed by atoms with van der Waals surface area (Å²) in [4.78, 5) is 22.1. The fraction of sp³-hybridized carbons (Fsp3) is 0.615. The first-order valence-corrected chi connectivity index (χ1v) is 12.3. The Labute approximate surface area is 209 Å². The molecule has 186 valence electrons. The van der Waals surface area contributed by atoms with E-state index >= 15 is 0 Å². The zero-order chi connectivity index (χ0) is 25.9. The Morgan fingerprint density at radius 3 is 1.27 bits per heavy atom. The van der Waals surface area contributed by atoms with Gasteiger partial charge in [0.15, 0.2) is 5.34 Å². The van der Waals surface area contributed by atoms with Crippen LogP contribution in [0.15, 0.2) is 34.6 Å². The molecule has 0 unspecified atom stereocenters. The summed E-state index contributed by atoms with van der Waals surface area (Å²) in [7, 11) is 0. The van der Waals surface area contributed by atoms with Gasteiger partial charge in [-0.1, -0.05) is 71.3 Å². The smallest absolute Gasteiger partial charge is 0.155 e. The number of pyridine rings is 2. The van der Waals surface area contributed by atoms with E-state index in [4.69, 9.17) is 5.73 Å². The van der Waals surface area contributed by atoms with Gasteiger partial charge in [-0.2, -0.15) is 0 Å². The van der Waals surface area contributed by atoms with Crippen LogP contribution in [0.25, 0.3) is 0 Å². The Kier molecular flexibility index (Phi) is 13.4. The summed E-state index contributed by atoms with van der Waals surface area (Å²) >= 11 is 3.64. The second-order valence-electron chi connectivity index (χ2n) is 10.3. The third-order valence-electron chi connectivity index (χ3n) is 4.78. The predicted molar refractivity (Wildman–Crippen MR) is 144 cm³/mol. The Morgan fingerprint density at radius 1 is 0.758 bits per heavy atom. The molecule has 0 fully saturated rings. The number of nitrogen functional groups attached to an aromatic ring is 1. The molecule has 0 saturated carbocycles. The summed E-state index contributed by atoms with van der Waals surface area (Å²) in [5.74, 6) is 1.96. The van der Waals surface area contributed by atoms with Gasteiger partial charge >= 0.3 is 0 Å². The van der Waals surface area contributed by atoms with Gasteiger partial charge in [-0.15, -0.1) is 4.91 Å². The fourth-order valence-corrected chi connectivity index (χ4v) is 3.94. The van der Waals surface area contributed by atoms with Gasteiger partial charge < -0.3 is 10.6 Å². The van der Waals surface area contributed by atoms with Crippen molar-refractivity contribution in [2.24, 2.45) is 5.34 Å². The summed E-state index contributed by atoms with van der Waals surface area (Å²) in [6.45, 7) is 22.6. The van der Waals surface area contributed by atoms with Crippen LogP contribution in [-0.2, 0) is 4.84 Å². The monoisotopic (exact) mass is 522 g/mol. The Morgan fingerprint density at radius 2 is 1.06 bits per heavy atom. The van der Waals surface area contributed by atoms with Crippen LogP contribution in [0.3, 0.4) is 0 Å². The van der Waals surface area contributed by atoms with Crippen molar-refractivity contribution in [3.05, 3.63) is 56.4 Å². The normalized spacial score (nSPS) is 11.2. The van der Waals surface area contributed by atoms with Gasteiger partial charge in [0.05, 0.1) is 0 Å². The summed E-state index contributed by atoms with van der Waals surface area (Å²) in [6, 6.07) is 0. The molecule has 0 amide bonds. The van der Waals surface area contributed by atoms with E-state index in [1.807, 2.05) is 24.8 Å². The summed E-state index contributed by atoms with van der Waals surface area (Å²) in [5.41, 5.74) is 11.4. The first-order valence-electron chi connectivity index (χ1n) is 11.5. The van der Waals surface area contributed by atoms with E-state index in [1.165, 1.54) is 15.6 Å². The van der Waals surface area contributed by atoms with Crippen molar-refractivity contribution in [2.75, 3.05) is 5.73 Å². The lowest BCUT2D eigenvalue weighted by atomic mass is 9.96. The van der Waals surface area contributed by atoms with Gasteiger partial charge in [0.25, 0.3) is 0 Å². The number of nitrogens with zero attached hydrogens (tertiary/aromatic N) is 3. The highest BCUT2D eigenvalue weighted by Crippen LogP contribution is 2.31. The molecule has 0 aliphatic carbocycles. The molecule has 2 heterocycles. The maximum atomic E-state index is 9.35. The first-order chi connectivity index (χ1) is 15.1. The highest BCUT2D eigenvalue weighted by molar-refractivity contribution is 9.10. The van der Waals surface area contributed by atoms with Crippen molar-refractivity contribution in [3.63, 3.8) is 0 Å². The van der Waals surface area contributed by atoms with Gasteiger partial charge in [0, 0.05) is 34.9 Å². The van der Waals surface area contributed by atoms with Crippen LogP contribution in [-0.4, -0.2) is 15.6 Å². The molecule has 0 aliphatic rings. The number of rotatable bonds is 5. The molecule has 2 rings (SSSR count). The molecule has 0 bridgehead atoms. The van der Waals surface area contributed by atoms with Crippen molar-refractivity contribution in [3.8, 4) is 0 Å². The molecule has 2 N–H and O–H groups in total. The minimum absolute atomic E-state index is 0.429. The Bertz CT molecular complexity index is 746. The number of hydrogen-bond donors (Lipinski definition) is 1. The van der Waals surface area contributed by atoms with Crippen molar-refractivity contribution in [1.82, 2.24) is 9.97 Å². The van der Waals surface area contributed by atoms with Gasteiger partial charge in [-0.25, -0.2) is 0 Å². The average molecular weight is 524 g/mol. The Balaban J connectivity index is 0.000000490. The number of aromatic nitrogens is 2.